The van der Waals surface area contributed by atoms with Crippen LogP contribution in [0.5, 0.6) is 0 Å². The third-order valence-electron chi connectivity index (χ3n) is 9.96. The van der Waals surface area contributed by atoms with E-state index in [1.807, 2.05) is 36.4 Å². The molecule has 0 saturated heterocycles. The topological polar surface area (TPSA) is 38.7 Å². The van der Waals surface area contributed by atoms with Gasteiger partial charge >= 0.3 is 0 Å². The molecule has 7 aromatic carbocycles. The number of nitrogens with zero attached hydrogens (tertiary/aromatic N) is 3. The van der Waals surface area contributed by atoms with Crippen LogP contribution in [0.4, 0.5) is 0 Å². The Balaban J connectivity index is 1.31. The lowest BCUT2D eigenvalue weighted by Crippen LogP contribution is -2.31. The summed E-state index contributed by atoms with van der Waals surface area (Å²) in [6.07, 6.45) is 0. The summed E-state index contributed by atoms with van der Waals surface area (Å²) < 4.78 is 0. The van der Waals surface area contributed by atoms with Crippen molar-refractivity contribution in [2.75, 3.05) is 0 Å². The minimum Gasteiger partial charge on any atom is -0.208 e. The van der Waals surface area contributed by atoms with Crippen LogP contribution in [-0.4, -0.2) is 15.0 Å². The van der Waals surface area contributed by atoms with E-state index in [-0.39, 0.29) is 0 Å². The summed E-state index contributed by atoms with van der Waals surface area (Å²) in [6.45, 7) is 0. The van der Waals surface area contributed by atoms with Gasteiger partial charge in [-0.15, -0.1) is 0 Å². The predicted octanol–water partition coefficient (Wildman–Crippen LogP) is 10.4. The van der Waals surface area contributed by atoms with E-state index >= 15 is 0 Å². The SMILES string of the molecule is c1ccc(-c2nc(-c3ccccc3)nc(-c3ccc4c5c(cccc35)C3(c5ccccc5-c5ccccc53)c3ccccc3-4)n2)cc1. The highest BCUT2D eigenvalue weighted by molar-refractivity contribution is 6.11. The van der Waals surface area contributed by atoms with Crippen molar-refractivity contribution in [1.82, 2.24) is 15.0 Å². The number of hydrogen-bond acceptors (Lipinski definition) is 3. The van der Waals surface area contributed by atoms with E-state index < -0.39 is 5.41 Å². The molecule has 0 atom stereocenters. The summed E-state index contributed by atoms with van der Waals surface area (Å²) in [5.41, 5.74) is 12.8. The molecular formula is C44H27N3. The summed E-state index contributed by atoms with van der Waals surface area (Å²) in [5, 5.41) is 2.39. The molecule has 1 heterocycles. The Hall–Kier alpha value is -6.19. The van der Waals surface area contributed by atoms with Crippen molar-refractivity contribution in [3.05, 3.63) is 186 Å². The molecule has 3 heteroatoms. The van der Waals surface area contributed by atoms with E-state index in [4.69, 9.17) is 15.0 Å². The van der Waals surface area contributed by atoms with E-state index in [2.05, 4.69) is 127 Å². The second-order valence-corrected chi connectivity index (χ2v) is 12.3. The van der Waals surface area contributed by atoms with Crippen LogP contribution < -0.4 is 0 Å². The molecule has 0 saturated carbocycles. The Labute approximate surface area is 272 Å². The second kappa shape index (κ2) is 9.90. The van der Waals surface area contributed by atoms with E-state index in [9.17, 15) is 0 Å². The molecule has 1 aromatic heterocycles. The van der Waals surface area contributed by atoms with E-state index in [1.54, 1.807) is 0 Å². The van der Waals surface area contributed by atoms with Crippen LogP contribution >= 0.6 is 0 Å². The van der Waals surface area contributed by atoms with Crippen LogP contribution in [0.1, 0.15) is 22.3 Å². The third kappa shape index (κ3) is 3.60. The molecule has 2 aliphatic carbocycles. The molecule has 0 N–H and O–H groups in total. The van der Waals surface area contributed by atoms with E-state index in [0.717, 1.165) is 22.1 Å². The number of rotatable bonds is 3. The molecule has 218 valence electrons. The van der Waals surface area contributed by atoms with E-state index in [1.165, 1.54) is 49.9 Å². The van der Waals surface area contributed by atoms with Gasteiger partial charge in [-0.2, -0.15) is 0 Å². The molecule has 47 heavy (non-hydrogen) atoms. The van der Waals surface area contributed by atoms with Crippen LogP contribution in [0, 0.1) is 0 Å². The number of fused-ring (bicyclic) bond motifs is 9. The van der Waals surface area contributed by atoms with Crippen LogP contribution in [0.25, 0.3) is 67.2 Å². The summed E-state index contributed by atoms with van der Waals surface area (Å²) >= 11 is 0. The molecule has 0 radical (unpaired) electrons. The molecule has 0 unspecified atom stereocenters. The lowest BCUT2D eigenvalue weighted by molar-refractivity contribution is 0.773. The quantitative estimate of drug-likeness (QED) is 0.203. The monoisotopic (exact) mass is 597 g/mol. The fourth-order valence-corrected chi connectivity index (χ4v) is 8.07. The first kappa shape index (κ1) is 26.1. The minimum absolute atomic E-state index is 0.446. The van der Waals surface area contributed by atoms with Gasteiger partial charge in [0.15, 0.2) is 17.5 Å². The zero-order valence-corrected chi connectivity index (χ0v) is 25.4. The van der Waals surface area contributed by atoms with Gasteiger partial charge in [0.2, 0.25) is 0 Å². The van der Waals surface area contributed by atoms with Gasteiger partial charge in [0.25, 0.3) is 0 Å². The Kier molecular flexibility index (Phi) is 5.49. The smallest absolute Gasteiger partial charge is 0.164 e. The van der Waals surface area contributed by atoms with Crippen molar-refractivity contribution in [1.29, 1.82) is 0 Å². The van der Waals surface area contributed by atoms with Crippen LogP contribution in [0.3, 0.4) is 0 Å². The first-order chi connectivity index (χ1) is 23.3. The molecular weight excluding hydrogens is 571 g/mol. The van der Waals surface area contributed by atoms with Crippen LogP contribution in [0.2, 0.25) is 0 Å². The molecule has 10 rings (SSSR count). The molecule has 2 aliphatic rings. The summed E-state index contributed by atoms with van der Waals surface area (Å²) in [5.74, 6) is 1.99. The Bertz CT molecular complexity index is 2410. The molecule has 0 amide bonds. The third-order valence-corrected chi connectivity index (χ3v) is 9.96. The van der Waals surface area contributed by atoms with Gasteiger partial charge in [0, 0.05) is 16.7 Å². The fourth-order valence-electron chi connectivity index (χ4n) is 8.07. The minimum atomic E-state index is -0.446. The lowest BCUT2D eigenvalue weighted by Gasteiger charge is -2.40. The van der Waals surface area contributed by atoms with Gasteiger partial charge in [-0.25, -0.2) is 15.0 Å². The summed E-state index contributed by atoms with van der Waals surface area (Å²) in [6, 6.07) is 58.5. The Morgan fingerprint density at radius 3 is 1.28 bits per heavy atom. The van der Waals surface area contributed by atoms with Gasteiger partial charge < -0.3 is 0 Å². The number of aromatic nitrogens is 3. The highest BCUT2D eigenvalue weighted by Crippen LogP contribution is 2.62. The van der Waals surface area contributed by atoms with Gasteiger partial charge in [-0.05, 0) is 61.3 Å². The number of hydrogen-bond donors (Lipinski definition) is 0. The zero-order chi connectivity index (χ0) is 31.0. The van der Waals surface area contributed by atoms with Crippen LogP contribution in [-0.2, 0) is 5.41 Å². The van der Waals surface area contributed by atoms with E-state index in [0.29, 0.717) is 17.5 Å². The normalized spacial score (nSPS) is 13.3. The van der Waals surface area contributed by atoms with Crippen molar-refractivity contribution in [2.24, 2.45) is 0 Å². The molecule has 8 aromatic rings. The molecule has 0 bridgehead atoms. The summed E-state index contributed by atoms with van der Waals surface area (Å²) in [7, 11) is 0. The maximum absolute atomic E-state index is 5.14. The van der Waals surface area contributed by atoms with Gasteiger partial charge in [-0.1, -0.05) is 158 Å². The zero-order valence-electron chi connectivity index (χ0n) is 25.4. The van der Waals surface area contributed by atoms with Gasteiger partial charge in [0.1, 0.15) is 0 Å². The molecule has 0 aliphatic heterocycles. The predicted molar refractivity (Wildman–Crippen MR) is 190 cm³/mol. The van der Waals surface area contributed by atoms with Crippen molar-refractivity contribution >= 4 is 10.8 Å². The maximum Gasteiger partial charge on any atom is 0.164 e. The van der Waals surface area contributed by atoms with Crippen molar-refractivity contribution in [3.63, 3.8) is 0 Å². The fraction of sp³-hybridized carbons (Fsp3) is 0.0227. The lowest BCUT2D eigenvalue weighted by atomic mass is 9.61. The van der Waals surface area contributed by atoms with Crippen molar-refractivity contribution in [2.45, 2.75) is 5.41 Å². The molecule has 1 spiro atoms. The number of benzene rings is 7. The largest absolute Gasteiger partial charge is 0.208 e. The average Bonchev–Trinajstić information content (AvgIpc) is 3.45. The van der Waals surface area contributed by atoms with Crippen molar-refractivity contribution < 1.29 is 0 Å². The Morgan fingerprint density at radius 2 is 0.723 bits per heavy atom. The Morgan fingerprint density at radius 1 is 0.298 bits per heavy atom. The molecule has 3 nitrogen and oxygen atoms in total. The first-order valence-corrected chi connectivity index (χ1v) is 16.0. The maximum atomic E-state index is 5.14. The first-order valence-electron chi connectivity index (χ1n) is 16.0. The second-order valence-electron chi connectivity index (χ2n) is 12.3. The average molecular weight is 598 g/mol. The standard InChI is InChI=1S/C44H27N3/c1-3-14-28(15-4-1)41-45-42(29-16-5-2-6-17-29)47-43(46-41)35-27-26-34-32-20-9-12-24-38(32)44(39-25-13-21-33(35)40(34)39)36-22-10-7-18-30(36)31-19-8-11-23-37(31)44/h1-27H. The van der Waals surface area contributed by atoms with Gasteiger partial charge in [-0.3, -0.25) is 0 Å². The van der Waals surface area contributed by atoms with Crippen LogP contribution in [0.15, 0.2) is 164 Å². The highest BCUT2D eigenvalue weighted by Gasteiger charge is 2.49. The highest BCUT2D eigenvalue weighted by atomic mass is 15.0. The van der Waals surface area contributed by atoms with Gasteiger partial charge in [0.05, 0.1) is 5.41 Å². The summed E-state index contributed by atoms with van der Waals surface area (Å²) in [4.78, 5) is 15.2. The van der Waals surface area contributed by atoms with Crippen molar-refractivity contribution in [3.8, 4) is 56.4 Å². The molecule has 0 fully saturated rings.